The zero-order chi connectivity index (χ0) is 25.6. The van der Waals surface area contributed by atoms with Gasteiger partial charge in [-0.05, 0) is 30.2 Å². The van der Waals surface area contributed by atoms with Gasteiger partial charge < -0.3 is 14.5 Å². The van der Waals surface area contributed by atoms with E-state index < -0.39 is 29.3 Å². The van der Waals surface area contributed by atoms with E-state index >= 15 is 0 Å². The normalized spacial score (nSPS) is 27.6. The second-order valence-electron chi connectivity index (χ2n) is 9.49. The van der Waals surface area contributed by atoms with Gasteiger partial charge in [-0.1, -0.05) is 54.1 Å². The molecule has 0 bridgehead atoms. The van der Waals surface area contributed by atoms with Gasteiger partial charge in [0.25, 0.3) is 0 Å². The molecule has 3 aliphatic rings. The molecule has 0 N–H and O–H groups in total. The largest absolute Gasteiger partial charge is 0.383 e. The molecule has 0 unspecified atom stereocenters. The molecule has 3 fully saturated rings. The molecule has 0 saturated carbocycles. The van der Waals surface area contributed by atoms with E-state index in [9.17, 15) is 19.2 Å². The molecule has 0 spiro atoms. The van der Waals surface area contributed by atoms with Crippen LogP contribution in [0.3, 0.4) is 0 Å². The molecule has 0 aromatic heterocycles. The molecule has 3 saturated heterocycles. The Hall–Kier alpha value is -3.23. The summed E-state index contributed by atoms with van der Waals surface area (Å²) < 4.78 is 5.19. The lowest BCUT2D eigenvalue weighted by Gasteiger charge is -2.49. The topological polar surface area (TPSA) is 87.2 Å². The third kappa shape index (κ3) is 3.54. The van der Waals surface area contributed by atoms with Crippen LogP contribution in [0.15, 0.2) is 54.6 Å². The summed E-state index contributed by atoms with van der Waals surface area (Å²) in [5, 5.41) is 0.514. The number of methoxy groups -OCH3 is 1. The highest BCUT2D eigenvalue weighted by molar-refractivity contribution is 6.30. The number of carbonyl (C=O) groups is 4. The van der Waals surface area contributed by atoms with Crippen molar-refractivity contribution in [2.75, 3.05) is 33.4 Å². The second kappa shape index (κ2) is 9.33. The molecule has 4 atom stereocenters. The molecule has 0 radical (unpaired) electrons. The van der Waals surface area contributed by atoms with Gasteiger partial charge in [-0.25, -0.2) is 0 Å². The maximum absolute atomic E-state index is 14.4. The fraction of sp³-hybridized carbons (Fsp3) is 0.407. The monoisotopic (exact) mass is 509 g/mol. The number of hydrogen-bond acceptors (Lipinski definition) is 5. The Morgan fingerprint density at radius 2 is 1.69 bits per heavy atom. The summed E-state index contributed by atoms with van der Waals surface area (Å²) in [5.74, 6) is -3.23. The number of benzene rings is 2. The highest BCUT2D eigenvalue weighted by Crippen LogP contribution is 2.57. The van der Waals surface area contributed by atoms with Crippen LogP contribution in [-0.4, -0.2) is 77.2 Å². The van der Waals surface area contributed by atoms with E-state index in [1.807, 2.05) is 30.3 Å². The Bertz CT molecular complexity index is 1200. The quantitative estimate of drug-likeness (QED) is 0.535. The molecule has 0 aliphatic carbocycles. The van der Waals surface area contributed by atoms with Crippen LogP contribution in [-0.2, 0) is 30.3 Å². The van der Waals surface area contributed by atoms with E-state index in [0.29, 0.717) is 10.6 Å². The Balaban J connectivity index is 1.74. The smallest absolute Gasteiger partial charge is 0.250 e. The van der Waals surface area contributed by atoms with Crippen molar-refractivity contribution in [3.8, 4) is 0 Å². The number of rotatable bonds is 7. The van der Waals surface area contributed by atoms with E-state index in [0.717, 1.165) is 5.56 Å². The number of piperazine rings is 1. The van der Waals surface area contributed by atoms with Gasteiger partial charge in [-0.3, -0.25) is 24.1 Å². The van der Waals surface area contributed by atoms with Crippen molar-refractivity contribution in [3.05, 3.63) is 70.7 Å². The lowest BCUT2D eigenvalue weighted by atomic mass is 9.74. The number of halogens is 1. The minimum absolute atomic E-state index is 0.129. The summed E-state index contributed by atoms with van der Waals surface area (Å²) in [7, 11) is 1.53. The number of imide groups is 1. The van der Waals surface area contributed by atoms with Crippen LogP contribution in [0.25, 0.3) is 0 Å². The summed E-state index contributed by atoms with van der Waals surface area (Å²) in [6, 6.07) is 15.5. The van der Waals surface area contributed by atoms with Crippen molar-refractivity contribution in [1.82, 2.24) is 14.7 Å². The molecule has 36 heavy (non-hydrogen) atoms. The number of amides is 4. The second-order valence-corrected chi connectivity index (χ2v) is 9.93. The Kier molecular flexibility index (Phi) is 6.34. The summed E-state index contributed by atoms with van der Waals surface area (Å²) in [5.41, 5.74) is -0.0475. The van der Waals surface area contributed by atoms with Crippen LogP contribution < -0.4 is 0 Å². The molecule has 8 nitrogen and oxygen atoms in total. The number of nitrogens with zero attached hydrogens (tertiary/aromatic N) is 3. The first-order valence-corrected chi connectivity index (χ1v) is 12.5. The van der Waals surface area contributed by atoms with Crippen molar-refractivity contribution in [2.24, 2.45) is 11.8 Å². The van der Waals surface area contributed by atoms with Crippen LogP contribution >= 0.6 is 11.6 Å². The first-order valence-electron chi connectivity index (χ1n) is 12.1. The van der Waals surface area contributed by atoms with Crippen molar-refractivity contribution in [3.63, 3.8) is 0 Å². The summed E-state index contributed by atoms with van der Waals surface area (Å²) in [4.78, 5) is 60.0. The number of hydrogen-bond donors (Lipinski definition) is 0. The van der Waals surface area contributed by atoms with Crippen molar-refractivity contribution >= 4 is 35.2 Å². The molecular weight excluding hydrogens is 482 g/mol. The molecule has 9 heteroatoms. The van der Waals surface area contributed by atoms with E-state index in [1.54, 1.807) is 36.1 Å². The summed E-state index contributed by atoms with van der Waals surface area (Å²) in [6.45, 7) is 2.28. The standard InChI is InChI=1S/C27H28ClN3O5/c1-3-30-24(33)21-22(25(30)34)27(15-17-7-5-4-6-8-17)26(35)29(13-14-36-2)16-20(32)31(27)23(21)18-9-11-19(28)12-10-18/h4-12,21-23H,3,13-16H2,1-2H3/t21-,22-,23-,27-/m1/s1. The number of carbonyl (C=O) groups excluding carboxylic acids is 4. The predicted octanol–water partition coefficient (Wildman–Crippen LogP) is 2.31. The van der Waals surface area contributed by atoms with Crippen molar-refractivity contribution in [2.45, 2.75) is 24.9 Å². The zero-order valence-electron chi connectivity index (χ0n) is 20.2. The molecule has 2 aromatic rings. The number of ether oxygens (including phenoxy) is 1. The van der Waals surface area contributed by atoms with Crippen LogP contribution in [0.1, 0.15) is 24.1 Å². The third-order valence-electron chi connectivity index (χ3n) is 7.67. The maximum atomic E-state index is 14.4. The minimum Gasteiger partial charge on any atom is -0.383 e. The average molecular weight is 510 g/mol. The lowest BCUT2D eigenvalue weighted by Crippen LogP contribution is -2.70. The SMILES string of the molecule is CCN1C(=O)[C@H]2[C@@H](c3ccc(Cl)cc3)N3C(=O)CN(CCOC)C(=O)[C@@]3(Cc3ccccc3)[C@H]2C1=O. The van der Waals surface area contributed by atoms with Gasteiger partial charge in [0, 0.05) is 31.6 Å². The molecule has 5 rings (SSSR count). The molecule has 3 heterocycles. The predicted molar refractivity (Wildman–Crippen MR) is 132 cm³/mol. The third-order valence-corrected chi connectivity index (χ3v) is 7.92. The van der Waals surface area contributed by atoms with Crippen LogP contribution in [0, 0.1) is 11.8 Å². The highest BCUT2D eigenvalue weighted by atomic mass is 35.5. The van der Waals surface area contributed by atoms with Gasteiger partial charge in [0.2, 0.25) is 23.6 Å². The van der Waals surface area contributed by atoms with E-state index in [-0.39, 0.29) is 50.4 Å². The molecule has 3 aliphatic heterocycles. The van der Waals surface area contributed by atoms with Gasteiger partial charge in [0.1, 0.15) is 5.54 Å². The van der Waals surface area contributed by atoms with Gasteiger partial charge in [0.05, 0.1) is 31.0 Å². The van der Waals surface area contributed by atoms with E-state index in [2.05, 4.69) is 0 Å². The summed E-state index contributed by atoms with van der Waals surface area (Å²) >= 11 is 6.14. The van der Waals surface area contributed by atoms with Crippen LogP contribution in [0.2, 0.25) is 5.02 Å². The van der Waals surface area contributed by atoms with Crippen molar-refractivity contribution < 1.29 is 23.9 Å². The molecular formula is C27H28ClN3O5. The average Bonchev–Trinajstić information content (AvgIpc) is 3.32. The summed E-state index contributed by atoms with van der Waals surface area (Å²) in [6.07, 6.45) is 0.129. The zero-order valence-corrected chi connectivity index (χ0v) is 21.0. The Morgan fingerprint density at radius 3 is 2.33 bits per heavy atom. The molecule has 188 valence electrons. The Morgan fingerprint density at radius 1 is 1.00 bits per heavy atom. The highest BCUT2D eigenvalue weighted by Gasteiger charge is 2.74. The Labute approximate surface area is 214 Å². The fourth-order valence-corrected chi connectivity index (χ4v) is 6.34. The van der Waals surface area contributed by atoms with Crippen LogP contribution in [0.5, 0.6) is 0 Å². The van der Waals surface area contributed by atoms with Gasteiger partial charge in [0.15, 0.2) is 0 Å². The van der Waals surface area contributed by atoms with Gasteiger partial charge in [-0.15, -0.1) is 0 Å². The van der Waals surface area contributed by atoms with E-state index in [1.165, 1.54) is 16.9 Å². The molecule has 2 aromatic carbocycles. The first kappa shape index (κ1) is 24.5. The fourth-order valence-electron chi connectivity index (χ4n) is 6.22. The number of fused-ring (bicyclic) bond motifs is 3. The molecule has 4 amide bonds. The van der Waals surface area contributed by atoms with Gasteiger partial charge >= 0.3 is 0 Å². The maximum Gasteiger partial charge on any atom is 0.250 e. The van der Waals surface area contributed by atoms with Crippen molar-refractivity contribution in [1.29, 1.82) is 0 Å². The first-order chi connectivity index (χ1) is 17.3. The number of likely N-dealkylation sites (tertiary alicyclic amines) is 1. The van der Waals surface area contributed by atoms with E-state index in [4.69, 9.17) is 16.3 Å². The van der Waals surface area contributed by atoms with Crippen LogP contribution in [0.4, 0.5) is 0 Å². The van der Waals surface area contributed by atoms with Gasteiger partial charge in [-0.2, -0.15) is 0 Å². The minimum atomic E-state index is -1.53. The lowest BCUT2D eigenvalue weighted by molar-refractivity contribution is -0.169.